The second-order valence-electron chi connectivity index (χ2n) is 1.92. The van der Waals surface area contributed by atoms with Crippen LogP contribution in [0.3, 0.4) is 0 Å². The normalized spacial score (nSPS) is 7.14. The molecule has 0 spiro atoms. The molecule has 0 amide bonds. The van der Waals surface area contributed by atoms with Gasteiger partial charge in [0.05, 0.1) is 6.08 Å². The minimum Gasteiger partial charge on any atom is -0.192 e. The molecule has 0 saturated heterocycles. The highest BCUT2D eigenvalue weighted by atomic mass is 79.9. The molecule has 0 aliphatic rings. The summed E-state index contributed by atoms with van der Waals surface area (Å²) >= 11 is 3.31. The Labute approximate surface area is 92.0 Å². The minimum atomic E-state index is -2.34. The third-order valence-electron chi connectivity index (χ3n) is 0.953. The van der Waals surface area contributed by atoms with E-state index in [1.54, 1.807) is 5.02 Å². The van der Waals surface area contributed by atoms with Crippen molar-refractivity contribution in [1.82, 2.24) is 0 Å². The van der Waals surface area contributed by atoms with Crippen LogP contribution in [0.15, 0.2) is 40.9 Å². The third kappa shape index (κ3) is 8.75. The summed E-state index contributed by atoms with van der Waals surface area (Å²) in [7, 11) is -2.34. The summed E-state index contributed by atoms with van der Waals surface area (Å²) in [5.41, 5.74) is 0. The highest BCUT2D eigenvalue weighted by Gasteiger charge is 1.74. The van der Waals surface area contributed by atoms with E-state index >= 15 is 0 Å². The molecule has 1 rings (SSSR count). The maximum absolute atomic E-state index is 9.46. The molecule has 0 N–H and O–H groups in total. The molecule has 0 atom stereocenters. The molecule has 14 heavy (non-hydrogen) atoms. The molecule has 1 aromatic carbocycles. The van der Waals surface area contributed by atoms with Gasteiger partial charge in [-0.1, -0.05) is 34.1 Å². The standard InChI is InChI=1S/C6H5Br.C3HNO2S/c7-6-4-2-1-3-5-6;4-2-1-3-7(5)6/h1-5H;1H. The van der Waals surface area contributed by atoms with Gasteiger partial charge in [-0.25, -0.2) is 0 Å². The van der Waals surface area contributed by atoms with E-state index in [0.29, 0.717) is 0 Å². The van der Waals surface area contributed by atoms with Crippen molar-refractivity contribution in [3.8, 4) is 6.07 Å². The van der Waals surface area contributed by atoms with Gasteiger partial charge in [0.15, 0.2) is 0 Å². The van der Waals surface area contributed by atoms with Crippen molar-refractivity contribution in [3.05, 3.63) is 40.9 Å². The van der Waals surface area contributed by atoms with E-state index in [4.69, 9.17) is 5.26 Å². The van der Waals surface area contributed by atoms with Gasteiger partial charge in [-0.05, 0) is 12.1 Å². The second-order valence-corrected chi connectivity index (χ2v) is 3.54. The van der Waals surface area contributed by atoms with Crippen molar-refractivity contribution in [2.75, 3.05) is 0 Å². The average Bonchev–Trinajstić information content (AvgIpc) is 2.17. The Hall–Kier alpha value is -1.34. The molecule has 5 heteroatoms. The van der Waals surface area contributed by atoms with Gasteiger partial charge in [0, 0.05) is 9.50 Å². The summed E-state index contributed by atoms with van der Waals surface area (Å²) in [4.78, 5) is 0. The van der Waals surface area contributed by atoms with E-state index in [-0.39, 0.29) is 0 Å². The molecular weight excluding hydrogens is 266 g/mol. The van der Waals surface area contributed by atoms with Crippen molar-refractivity contribution in [2.24, 2.45) is 0 Å². The van der Waals surface area contributed by atoms with E-state index in [0.717, 1.165) is 10.5 Å². The number of benzene rings is 1. The maximum Gasteiger partial charge on any atom is 0.261 e. The van der Waals surface area contributed by atoms with Crippen LogP contribution in [0.2, 0.25) is 0 Å². The predicted octanol–water partition coefficient (Wildman–Crippen LogP) is 1.80. The van der Waals surface area contributed by atoms with Gasteiger partial charge in [-0.2, -0.15) is 13.7 Å². The first-order valence-corrected chi connectivity index (χ1v) is 5.31. The fraction of sp³-hybridized carbons (Fsp3) is 0. The zero-order chi connectivity index (χ0) is 10.8. The Kier molecular flexibility index (Phi) is 7.48. The van der Waals surface area contributed by atoms with Crippen LogP contribution in [-0.2, 0) is 10.3 Å². The van der Waals surface area contributed by atoms with Crippen molar-refractivity contribution < 1.29 is 8.42 Å². The zero-order valence-electron chi connectivity index (χ0n) is 7.01. The lowest BCUT2D eigenvalue weighted by molar-refractivity contribution is 0.627. The molecule has 0 unspecified atom stereocenters. The quantitative estimate of drug-likeness (QED) is 0.534. The summed E-state index contributed by atoms with van der Waals surface area (Å²) in [6.45, 7) is 0. The van der Waals surface area contributed by atoms with Gasteiger partial charge in [0.2, 0.25) is 0 Å². The Bertz CT molecular complexity index is 459. The van der Waals surface area contributed by atoms with E-state index in [9.17, 15) is 8.42 Å². The smallest absolute Gasteiger partial charge is 0.192 e. The number of rotatable bonds is 0. The van der Waals surface area contributed by atoms with Crippen LogP contribution >= 0.6 is 15.9 Å². The number of hydrogen-bond acceptors (Lipinski definition) is 3. The number of nitrogens with zero attached hydrogens (tertiary/aromatic N) is 1. The first-order valence-electron chi connectivity index (χ1n) is 3.44. The van der Waals surface area contributed by atoms with E-state index in [1.165, 1.54) is 6.07 Å². The molecule has 72 valence electrons. The fourth-order valence-electron chi connectivity index (χ4n) is 0.489. The third-order valence-corrected chi connectivity index (χ3v) is 1.79. The highest BCUT2D eigenvalue weighted by Crippen LogP contribution is 2.05. The average molecular weight is 272 g/mol. The Morgan fingerprint density at radius 3 is 2.07 bits per heavy atom. The molecule has 3 nitrogen and oxygen atoms in total. The monoisotopic (exact) mass is 271 g/mol. The van der Waals surface area contributed by atoms with Crippen LogP contribution in [0.25, 0.3) is 0 Å². The summed E-state index contributed by atoms with van der Waals surface area (Å²) in [5.74, 6) is 0. The van der Waals surface area contributed by atoms with Crippen molar-refractivity contribution in [2.45, 2.75) is 0 Å². The molecule has 0 aliphatic heterocycles. The van der Waals surface area contributed by atoms with Crippen molar-refractivity contribution >= 4 is 31.2 Å². The van der Waals surface area contributed by atoms with Gasteiger partial charge in [-0.15, -0.1) is 0 Å². The maximum atomic E-state index is 9.46. The molecule has 0 heterocycles. The molecule has 0 radical (unpaired) electrons. The van der Waals surface area contributed by atoms with Gasteiger partial charge in [-0.3, -0.25) is 0 Å². The van der Waals surface area contributed by atoms with E-state index in [2.05, 4.69) is 15.9 Å². The number of halogens is 1. The molecule has 1 aromatic rings. The van der Waals surface area contributed by atoms with Crippen molar-refractivity contribution in [1.29, 1.82) is 5.26 Å². The van der Waals surface area contributed by atoms with Gasteiger partial charge in [0.1, 0.15) is 6.07 Å². The molecule has 0 aliphatic carbocycles. The van der Waals surface area contributed by atoms with Crippen LogP contribution < -0.4 is 0 Å². The van der Waals surface area contributed by atoms with Gasteiger partial charge < -0.3 is 0 Å². The summed E-state index contributed by atoms with van der Waals surface area (Å²) < 4.78 is 20.1. The van der Waals surface area contributed by atoms with Gasteiger partial charge in [0.25, 0.3) is 10.3 Å². The molecule has 0 fully saturated rings. The Balaban J connectivity index is 0.000000241. The Morgan fingerprint density at radius 1 is 1.29 bits per heavy atom. The largest absolute Gasteiger partial charge is 0.261 e. The van der Waals surface area contributed by atoms with Crippen LogP contribution in [0, 0.1) is 11.3 Å². The number of allylic oxidation sites excluding steroid dienone is 1. The lowest BCUT2D eigenvalue weighted by atomic mass is 10.4. The van der Waals surface area contributed by atoms with Crippen LogP contribution in [0.5, 0.6) is 0 Å². The topological polar surface area (TPSA) is 57.9 Å². The fourth-order valence-corrected chi connectivity index (χ4v) is 0.943. The first-order chi connectivity index (χ1) is 6.66. The second kappa shape index (κ2) is 8.27. The molecule has 0 saturated carbocycles. The molecule has 0 bridgehead atoms. The highest BCUT2D eigenvalue weighted by molar-refractivity contribution is 9.10. The number of hydrogen-bond donors (Lipinski definition) is 0. The zero-order valence-corrected chi connectivity index (χ0v) is 9.42. The van der Waals surface area contributed by atoms with Crippen LogP contribution in [-0.4, -0.2) is 13.4 Å². The summed E-state index contributed by atoms with van der Waals surface area (Å²) in [6, 6.07) is 11.4. The van der Waals surface area contributed by atoms with E-state index < -0.39 is 10.3 Å². The van der Waals surface area contributed by atoms with Gasteiger partial charge >= 0.3 is 0 Å². The lowest BCUT2D eigenvalue weighted by Gasteiger charge is -1.80. The Morgan fingerprint density at radius 2 is 1.86 bits per heavy atom. The molecular formula is C9H6BrNO2S. The van der Waals surface area contributed by atoms with E-state index in [1.807, 2.05) is 30.3 Å². The minimum absolute atomic E-state index is 0.767. The first kappa shape index (κ1) is 12.7. The SMILES string of the molecule is Brc1ccccc1.N#CC=C=S(=O)=O. The van der Waals surface area contributed by atoms with Crippen LogP contribution in [0.1, 0.15) is 0 Å². The lowest BCUT2D eigenvalue weighted by Crippen LogP contribution is -1.55. The number of nitriles is 1. The summed E-state index contributed by atoms with van der Waals surface area (Å²) in [6.07, 6.45) is 0.767. The summed E-state index contributed by atoms with van der Waals surface area (Å²) in [5, 5.41) is 9.40. The van der Waals surface area contributed by atoms with Crippen LogP contribution in [0.4, 0.5) is 0 Å². The predicted molar refractivity (Wildman–Crippen MR) is 58.3 cm³/mol. The molecule has 0 aromatic heterocycles. The van der Waals surface area contributed by atoms with Crippen molar-refractivity contribution in [3.63, 3.8) is 0 Å².